The van der Waals surface area contributed by atoms with E-state index in [0.29, 0.717) is 11.9 Å². The molecule has 1 saturated heterocycles. The first kappa shape index (κ1) is 11.4. The Labute approximate surface area is 97.7 Å². The smallest absolute Gasteiger partial charge is 0.123 e. The van der Waals surface area contributed by atoms with Gasteiger partial charge in [0.15, 0.2) is 0 Å². The molecule has 1 aliphatic rings. The van der Waals surface area contributed by atoms with Crippen molar-refractivity contribution in [3.05, 3.63) is 23.9 Å². The van der Waals surface area contributed by atoms with E-state index in [1.807, 2.05) is 6.07 Å². The summed E-state index contributed by atoms with van der Waals surface area (Å²) < 4.78 is 0. The van der Waals surface area contributed by atoms with Gasteiger partial charge in [-0.2, -0.15) is 0 Å². The second-order valence-electron chi connectivity index (χ2n) is 5.04. The molecule has 2 unspecified atom stereocenters. The largest absolute Gasteiger partial charge is 0.384 e. The van der Waals surface area contributed by atoms with Gasteiger partial charge in [-0.25, -0.2) is 4.98 Å². The fraction of sp³-hybridized carbons (Fsp3) is 0.615. The van der Waals surface area contributed by atoms with Crippen molar-refractivity contribution in [2.75, 3.05) is 12.3 Å². The zero-order valence-corrected chi connectivity index (χ0v) is 10.2. The molecule has 1 fully saturated rings. The molecule has 0 radical (unpaired) electrons. The van der Waals surface area contributed by atoms with Crippen molar-refractivity contribution in [1.82, 2.24) is 9.88 Å². The van der Waals surface area contributed by atoms with E-state index in [4.69, 9.17) is 5.73 Å². The van der Waals surface area contributed by atoms with Gasteiger partial charge in [0, 0.05) is 18.8 Å². The zero-order valence-electron chi connectivity index (χ0n) is 10.2. The number of hydrogen-bond acceptors (Lipinski definition) is 3. The van der Waals surface area contributed by atoms with Crippen LogP contribution in [0.25, 0.3) is 0 Å². The van der Waals surface area contributed by atoms with Gasteiger partial charge in [-0.15, -0.1) is 0 Å². The van der Waals surface area contributed by atoms with Crippen LogP contribution >= 0.6 is 0 Å². The average Bonchev–Trinajstić information content (AvgIpc) is 2.22. The second-order valence-corrected chi connectivity index (χ2v) is 5.04. The summed E-state index contributed by atoms with van der Waals surface area (Å²) in [4.78, 5) is 6.56. The lowest BCUT2D eigenvalue weighted by Gasteiger charge is -2.36. The Morgan fingerprint density at radius 3 is 3.00 bits per heavy atom. The molecule has 3 nitrogen and oxygen atoms in total. The molecule has 1 aliphatic heterocycles. The molecule has 1 aromatic heterocycles. The molecule has 2 atom stereocenters. The van der Waals surface area contributed by atoms with Crippen LogP contribution < -0.4 is 5.73 Å². The van der Waals surface area contributed by atoms with Crippen LogP contribution in [-0.2, 0) is 6.54 Å². The molecule has 88 valence electrons. The molecule has 0 spiro atoms. The number of pyridine rings is 1. The Kier molecular flexibility index (Phi) is 3.44. The van der Waals surface area contributed by atoms with Gasteiger partial charge in [-0.05, 0) is 49.9 Å². The van der Waals surface area contributed by atoms with Crippen LogP contribution in [0.3, 0.4) is 0 Å². The molecule has 2 N–H and O–H groups in total. The van der Waals surface area contributed by atoms with Crippen LogP contribution in [-0.4, -0.2) is 22.5 Å². The molecule has 3 heteroatoms. The van der Waals surface area contributed by atoms with E-state index < -0.39 is 0 Å². The van der Waals surface area contributed by atoms with Gasteiger partial charge in [-0.3, -0.25) is 4.90 Å². The number of anilines is 1. The Balaban J connectivity index is 1.99. The van der Waals surface area contributed by atoms with Gasteiger partial charge in [0.2, 0.25) is 0 Å². The van der Waals surface area contributed by atoms with Crippen LogP contribution in [0.4, 0.5) is 5.82 Å². The Hall–Kier alpha value is -1.09. The van der Waals surface area contributed by atoms with E-state index in [0.717, 1.165) is 12.5 Å². The van der Waals surface area contributed by atoms with E-state index in [-0.39, 0.29) is 0 Å². The summed E-state index contributed by atoms with van der Waals surface area (Å²) >= 11 is 0. The SMILES string of the molecule is CC1CCN(Cc2ccnc(N)c2)C(C)C1. The fourth-order valence-corrected chi connectivity index (χ4v) is 2.52. The molecule has 0 aromatic carbocycles. The summed E-state index contributed by atoms with van der Waals surface area (Å²) in [6.45, 7) is 6.86. The number of aromatic nitrogens is 1. The van der Waals surface area contributed by atoms with Crippen molar-refractivity contribution < 1.29 is 0 Å². The lowest BCUT2D eigenvalue weighted by atomic mass is 9.93. The number of nitrogens with zero attached hydrogens (tertiary/aromatic N) is 2. The maximum atomic E-state index is 5.69. The summed E-state index contributed by atoms with van der Waals surface area (Å²) in [5.74, 6) is 1.49. The lowest BCUT2D eigenvalue weighted by molar-refractivity contribution is 0.122. The number of likely N-dealkylation sites (tertiary alicyclic amines) is 1. The van der Waals surface area contributed by atoms with Crippen LogP contribution in [0.2, 0.25) is 0 Å². The predicted molar refractivity (Wildman–Crippen MR) is 66.9 cm³/mol. The number of piperidine rings is 1. The second kappa shape index (κ2) is 4.83. The maximum Gasteiger partial charge on any atom is 0.123 e. The summed E-state index contributed by atoms with van der Waals surface area (Å²) in [5, 5.41) is 0. The van der Waals surface area contributed by atoms with Crippen molar-refractivity contribution in [3.63, 3.8) is 0 Å². The van der Waals surface area contributed by atoms with Crippen LogP contribution in [0.15, 0.2) is 18.3 Å². The minimum absolute atomic E-state index is 0.621. The molecular weight excluding hydrogens is 198 g/mol. The third-order valence-corrected chi connectivity index (χ3v) is 3.51. The molecule has 0 bridgehead atoms. The van der Waals surface area contributed by atoms with Gasteiger partial charge < -0.3 is 5.73 Å². The minimum Gasteiger partial charge on any atom is -0.384 e. The van der Waals surface area contributed by atoms with Gasteiger partial charge in [0.05, 0.1) is 0 Å². The molecule has 16 heavy (non-hydrogen) atoms. The monoisotopic (exact) mass is 219 g/mol. The number of nitrogens with two attached hydrogens (primary N) is 1. The van der Waals surface area contributed by atoms with Crippen molar-refractivity contribution in [1.29, 1.82) is 0 Å². The van der Waals surface area contributed by atoms with Gasteiger partial charge >= 0.3 is 0 Å². The molecule has 2 rings (SSSR count). The van der Waals surface area contributed by atoms with Crippen LogP contribution in [0.5, 0.6) is 0 Å². The van der Waals surface area contributed by atoms with E-state index in [2.05, 4.69) is 29.8 Å². The fourth-order valence-electron chi connectivity index (χ4n) is 2.52. The van der Waals surface area contributed by atoms with Crippen LogP contribution in [0, 0.1) is 5.92 Å². The summed E-state index contributed by atoms with van der Waals surface area (Å²) in [7, 11) is 0. The first-order valence-corrected chi connectivity index (χ1v) is 6.09. The molecule has 0 amide bonds. The van der Waals surface area contributed by atoms with Crippen molar-refractivity contribution in [2.24, 2.45) is 5.92 Å². The molecule has 1 aromatic rings. The highest BCUT2D eigenvalue weighted by molar-refractivity contribution is 5.31. The number of rotatable bonds is 2. The van der Waals surface area contributed by atoms with E-state index in [1.54, 1.807) is 6.20 Å². The Morgan fingerprint density at radius 2 is 2.31 bits per heavy atom. The van der Waals surface area contributed by atoms with Crippen LogP contribution in [0.1, 0.15) is 32.3 Å². The van der Waals surface area contributed by atoms with E-state index in [1.165, 1.54) is 24.9 Å². The summed E-state index contributed by atoms with van der Waals surface area (Å²) in [6, 6.07) is 4.71. The molecule has 2 heterocycles. The average molecular weight is 219 g/mol. The van der Waals surface area contributed by atoms with E-state index in [9.17, 15) is 0 Å². The van der Waals surface area contributed by atoms with Gasteiger partial charge in [0.25, 0.3) is 0 Å². The highest BCUT2D eigenvalue weighted by Gasteiger charge is 2.22. The summed E-state index contributed by atoms with van der Waals surface area (Å²) in [5.41, 5.74) is 6.96. The van der Waals surface area contributed by atoms with E-state index >= 15 is 0 Å². The Bertz CT molecular complexity index is 351. The third kappa shape index (κ3) is 2.73. The first-order valence-electron chi connectivity index (χ1n) is 6.09. The number of hydrogen-bond donors (Lipinski definition) is 1. The number of nitrogen functional groups attached to an aromatic ring is 1. The normalized spacial score (nSPS) is 26.9. The Morgan fingerprint density at radius 1 is 1.50 bits per heavy atom. The standard InChI is InChI=1S/C13H21N3/c1-10-4-6-16(11(2)7-10)9-12-3-5-15-13(14)8-12/h3,5,8,10-11H,4,6-7,9H2,1-2H3,(H2,14,15). The van der Waals surface area contributed by atoms with Crippen molar-refractivity contribution in [2.45, 2.75) is 39.3 Å². The molecule has 0 aliphatic carbocycles. The molecule has 0 saturated carbocycles. The molecular formula is C13H21N3. The predicted octanol–water partition coefficient (Wildman–Crippen LogP) is 2.28. The minimum atomic E-state index is 0.621. The maximum absolute atomic E-state index is 5.69. The van der Waals surface area contributed by atoms with Gasteiger partial charge in [0.1, 0.15) is 5.82 Å². The lowest BCUT2D eigenvalue weighted by Crippen LogP contribution is -2.39. The highest BCUT2D eigenvalue weighted by Crippen LogP contribution is 2.23. The zero-order chi connectivity index (χ0) is 11.5. The topological polar surface area (TPSA) is 42.2 Å². The van der Waals surface area contributed by atoms with Gasteiger partial charge in [-0.1, -0.05) is 6.92 Å². The third-order valence-electron chi connectivity index (χ3n) is 3.51. The van der Waals surface area contributed by atoms with Crippen molar-refractivity contribution in [3.8, 4) is 0 Å². The first-order chi connectivity index (χ1) is 7.65. The summed E-state index contributed by atoms with van der Waals surface area (Å²) in [6.07, 6.45) is 4.41. The quantitative estimate of drug-likeness (QED) is 0.829. The van der Waals surface area contributed by atoms with Crippen molar-refractivity contribution >= 4 is 5.82 Å². The highest BCUT2D eigenvalue weighted by atomic mass is 15.2.